The molecule has 0 fully saturated rings. The Balaban J connectivity index is 0. The third-order valence-electron chi connectivity index (χ3n) is 2.28. The molecule has 2 aliphatic rings. The zero-order valence-corrected chi connectivity index (χ0v) is 15.6. The van der Waals surface area contributed by atoms with E-state index < -0.39 is 0 Å². The number of pyridine rings is 1. The van der Waals surface area contributed by atoms with E-state index in [-0.39, 0.29) is 78.1 Å². The topological polar surface area (TPSA) is 62.3 Å². The van der Waals surface area contributed by atoms with Crippen molar-refractivity contribution in [2.24, 2.45) is 20.0 Å². The number of amidine groups is 2. The van der Waals surface area contributed by atoms with Crippen molar-refractivity contribution >= 4 is 24.1 Å². The van der Waals surface area contributed by atoms with Gasteiger partial charge in [-0.1, -0.05) is 6.07 Å². The second-order valence-electron chi connectivity index (χ2n) is 3.36. The summed E-state index contributed by atoms with van der Waals surface area (Å²) < 4.78 is 0. The van der Waals surface area contributed by atoms with Crippen LogP contribution in [-0.2, 0) is 0 Å². The predicted octanol–water partition coefficient (Wildman–Crippen LogP) is -8.24. The van der Waals surface area contributed by atoms with Crippen LogP contribution in [0.5, 0.6) is 0 Å². The van der Waals surface area contributed by atoms with Crippen molar-refractivity contribution in [3.63, 3.8) is 0 Å². The first kappa shape index (κ1) is 22.3. The summed E-state index contributed by atoms with van der Waals surface area (Å²) >= 11 is 0. The van der Waals surface area contributed by atoms with Crippen LogP contribution in [0.25, 0.3) is 0 Å². The SMILES string of the molecule is C1=NC(c2cccc(C3=NCC=N3)n2)=NC1.[Cl-].[Cl-].[Cl-].[Nd+3]. The maximum atomic E-state index is 4.45. The Bertz CT molecular complexity index is 511. The van der Waals surface area contributed by atoms with Gasteiger partial charge in [0.05, 0.1) is 13.1 Å². The average molecular weight is 462 g/mol. The molecule has 20 heavy (non-hydrogen) atoms. The second-order valence-corrected chi connectivity index (χ2v) is 3.36. The molecular formula is C11H9Cl3N5Nd. The molecule has 1 aromatic rings. The monoisotopic (exact) mass is 458 g/mol. The van der Waals surface area contributed by atoms with Crippen LogP contribution in [0, 0.1) is 40.8 Å². The Hall–Kier alpha value is 0.0506. The Labute approximate surface area is 168 Å². The normalized spacial score (nSPS) is 14.2. The Morgan fingerprint density at radius 3 is 1.55 bits per heavy atom. The van der Waals surface area contributed by atoms with Crippen LogP contribution in [0.15, 0.2) is 38.2 Å². The Morgan fingerprint density at radius 1 is 0.750 bits per heavy atom. The first-order chi connectivity index (χ1) is 7.93. The Morgan fingerprint density at radius 2 is 1.20 bits per heavy atom. The third kappa shape index (κ3) is 5.11. The largest absolute Gasteiger partial charge is 3.00 e. The molecule has 1 aromatic heterocycles. The molecule has 0 spiro atoms. The number of hydrogen-bond acceptors (Lipinski definition) is 5. The zero-order chi connectivity index (χ0) is 10.8. The van der Waals surface area contributed by atoms with E-state index in [4.69, 9.17) is 0 Å². The van der Waals surface area contributed by atoms with Gasteiger partial charge in [-0.15, -0.1) is 0 Å². The van der Waals surface area contributed by atoms with Crippen molar-refractivity contribution in [3.8, 4) is 0 Å². The molecule has 1 radical (unpaired) electrons. The van der Waals surface area contributed by atoms with Gasteiger partial charge in [-0.05, 0) is 12.1 Å². The third-order valence-corrected chi connectivity index (χ3v) is 2.28. The minimum atomic E-state index is 0. The molecule has 0 saturated carbocycles. The fourth-order valence-electron chi connectivity index (χ4n) is 1.57. The molecule has 0 aromatic carbocycles. The van der Waals surface area contributed by atoms with E-state index >= 15 is 0 Å². The summed E-state index contributed by atoms with van der Waals surface area (Å²) in [7, 11) is 0. The predicted molar refractivity (Wildman–Crippen MR) is 64.0 cm³/mol. The molecule has 5 nitrogen and oxygen atoms in total. The summed E-state index contributed by atoms with van der Waals surface area (Å²) in [5.41, 5.74) is 1.55. The fraction of sp³-hybridized carbons (Fsp3) is 0.182. The van der Waals surface area contributed by atoms with Gasteiger partial charge in [-0.3, -0.25) is 9.98 Å². The molecule has 0 amide bonds. The van der Waals surface area contributed by atoms with E-state index in [1.54, 1.807) is 12.4 Å². The smallest absolute Gasteiger partial charge is 1.00 e. The van der Waals surface area contributed by atoms with Gasteiger partial charge in [0.1, 0.15) is 11.4 Å². The van der Waals surface area contributed by atoms with Gasteiger partial charge in [0, 0.05) is 12.4 Å². The molecule has 0 atom stereocenters. The van der Waals surface area contributed by atoms with Crippen molar-refractivity contribution < 1.29 is 78.1 Å². The van der Waals surface area contributed by atoms with Crippen molar-refractivity contribution in [1.29, 1.82) is 0 Å². The number of aliphatic imine (C=N–C) groups is 4. The van der Waals surface area contributed by atoms with E-state index in [2.05, 4.69) is 25.0 Å². The van der Waals surface area contributed by atoms with Crippen LogP contribution < -0.4 is 37.2 Å². The van der Waals surface area contributed by atoms with Gasteiger partial charge >= 0.3 is 40.8 Å². The van der Waals surface area contributed by atoms with Gasteiger partial charge in [0.2, 0.25) is 0 Å². The van der Waals surface area contributed by atoms with Crippen LogP contribution in [0.2, 0.25) is 0 Å². The van der Waals surface area contributed by atoms with Gasteiger partial charge in [-0.25, -0.2) is 15.0 Å². The van der Waals surface area contributed by atoms with Crippen LogP contribution >= 0.6 is 0 Å². The summed E-state index contributed by atoms with van der Waals surface area (Å²) in [5, 5.41) is 0. The van der Waals surface area contributed by atoms with E-state index in [1.165, 1.54) is 0 Å². The molecule has 0 aliphatic carbocycles. The van der Waals surface area contributed by atoms with Crippen LogP contribution in [0.3, 0.4) is 0 Å². The van der Waals surface area contributed by atoms with Crippen molar-refractivity contribution in [2.75, 3.05) is 13.1 Å². The zero-order valence-electron chi connectivity index (χ0n) is 10.2. The van der Waals surface area contributed by atoms with Crippen molar-refractivity contribution in [3.05, 3.63) is 29.6 Å². The van der Waals surface area contributed by atoms with Gasteiger partial charge < -0.3 is 37.2 Å². The fourth-order valence-corrected chi connectivity index (χ4v) is 1.57. The van der Waals surface area contributed by atoms with Crippen molar-refractivity contribution in [1.82, 2.24) is 4.98 Å². The molecule has 0 N–H and O–H groups in total. The first-order valence-electron chi connectivity index (χ1n) is 5.05. The summed E-state index contributed by atoms with van der Waals surface area (Å²) in [6, 6.07) is 5.71. The number of hydrogen-bond donors (Lipinski definition) is 0. The summed E-state index contributed by atoms with van der Waals surface area (Å²) in [6.07, 6.45) is 3.55. The molecular weight excluding hydrogens is 453 g/mol. The molecule has 9 heteroatoms. The van der Waals surface area contributed by atoms with E-state index in [0.717, 1.165) is 11.4 Å². The maximum absolute atomic E-state index is 4.45. The first-order valence-corrected chi connectivity index (χ1v) is 5.05. The van der Waals surface area contributed by atoms with Crippen LogP contribution in [0.1, 0.15) is 11.4 Å². The number of halogens is 3. The minimum absolute atomic E-state index is 0. The summed E-state index contributed by atoms with van der Waals surface area (Å²) in [4.78, 5) is 21.2. The standard InChI is InChI=1S/C11H9N5.3ClH.Nd/c1-2-8(10-12-4-5-13-10)16-9(3-1)11-14-6-7-15-11;;;;/h1-4,6H,5,7H2;3*1H;/q;;;;+3/p-3. The molecule has 2 aliphatic heterocycles. The molecule has 0 unspecified atom stereocenters. The van der Waals surface area contributed by atoms with Gasteiger partial charge in [-0.2, -0.15) is 0 Å². The average Bonchev–Trinajstić information content (AvgIpc) is 3.03. The van der Waals surface area contributed by atoms with Gasteiger partial charge in [0.15, 0.2) is 11.7 Å². The van der Waals surface area contributed by atoms with E-state index in [0.29, 0.717) is 24.8 Å². The Kier molecular flexibility index (Phi) is 12.0. The number of rotatable bonds is 2. The molecule has 0 bridgehead atoms. The summed E-state index contributed by atoms with van der Waals surface area (Å²) in [5.74, 6) is 1.37. The van der Waals surface area contributed by atoms with Crippen LogP contribution in [0.4, 0.5) is 0 Å². The van der Waals surface area contributed by atoms with E-state index in [9.17, 15) is 0 Å². The quantitative estimate of drug-likeness (QED) is 0.432. The molecule has 103 valence electrons. The molecule has 3 heterocycles. The van der Waals surface area contributed by atoms with Gasteiger partial charge in [0.25, 0.3) is 0 Å². The summed E-state index contributed by atoms with van der Waals surface area (Å²) in [6.45, 7) is 1.28. The van der Waals surface area contributed by atoms with E-state index in [1.807, 2.05) is 18.2 Å². The maximum Gasteiger partial charge on any atom is 3.00 e. The second kappa shape index (κ2) is 10.7. The molecule has 0 saturated heterocycles. The molecule has 3 rings (SSSR count). The number of aromatic nitrogens is 1. The van der Waals surface area contributed by atoms with Crippen LogP contribution in [-0.4, -0.2) is 42.2 Å². The van der Waals surface area contributed by atoms with Crippen molar-refractivity contribution in [2.45, 2.75) is 0 Å². The number of nitrogens with zero attached hydrogens (tertiary/aromatic N) is 5. The minimum Gasteiger partial charge on any atom is -1.00 e.